The van der Waals surface area contributed by atoms with Gasteiger partial charge in [0.2, 0.25) is 5.95 Å². The monoisotopic (exact) mass is 390 g/mol. The third-order valence-corrected chi connectivity index (χ3v) is 4.22. The van der Waals surface area contributed by atoms with Crippen molar-refractivity contribution in [3.8, 4) is 0 Å². The number of amides is 1. The zero-order chi connectivity index (χ0) is 20.8. The number of benzene rings is 2. The van der Waals surface area contributed by atoms with E-state index in [1.54, 1.807) is 37.3 Å². The van der Waals surface area contributed by atoms with Crippen LogP contribution in [0, 0.1) is 13.8 Å². The molecule has 1 amide bonds. The van der Waals surface area contributed by atoms with Gasteiger partial charge in [-0.1, -0.05) is 29.8 Å². The molecule has 0 radical (unpaired) electrons. The second-order valence-corrected chi connectivity index (χ2v) is 6.58. The lowest BCUT2D eigenvalue weighted by atomic mass is 10.1. The first-order valence-corrected chi connectivity index (χ1v) is 9.09. The molecule has 148 valence electrons. The summed E-state index contributed by atoms with van der Waals surface area (Å²) in [6.45, 7) is 4.40. The topological polar surface area (TPSA) is 93.2 Å². The van der Waals surface area contributed by atoms with Gasteiger partial charge in [-0.3, -0.25) is 4.79 Å². The number of aromatic nitrogens is 2. The minimum Gasteiger partial charge on any atom is -0.465 e. The number of methoxy groups -OCH3 is 1. The van der Waals surface area contributed by atoms with Crippen LogP contribution in [0.5, 0.6) is 0 Å². The summed E-state index contributed by atoms with van der Waals surface area (Å²) >= 11 is 0. The summed E-state index contributed by atoms with van der Waals surface area (Å²) < 4.78 is 4.66. The molecular formula is C22H22N4O3. The molecule has 1 heterocycles. The lowest BCUT2D eigenvalue weighted by molar-refractivity contribution is 0.0600. The first-order valence-electron chi connectivity index (χ1n) is 9.09. The van der Waals surface area contributed by atoms with Crippen LogP contribution in [0.4, 0.5) is 11.6 Å². The number of carbonyl (C=O) groups is 2. The maximum absolute atomic E-state index is 12.6. The Labute approximate surface area is 169 Å². The van der Waals surface area contributed by atoms with Crippen molar-refractivity contribution in [1.82, 2.24) is 9.97 Å². The maximum atomic E-state index is 12.6. The zero-order valence-electron chi connectivity index (χ0n) is 16.5. The van der Waals surface area contributed by atoms with Gasteiger partial charge in [-0.25, -0.2) is 14.8 Å². The number of aryl methyl sites for hydroxylation is 2. The third kappa shape index (κ3) is 5.38. The number of nitrogens with one attached hydrogen (secondary N) is 2. The number of hydrogen-bond acceptors (Lipinski definition) is 6. The Morgan fingerprint density at radius 1 is 0.966 bits per heavy atom. The van der Waals surface area contributed by atoms with Crippen molar-refractivity contribution >= 4 is 23.5 Å². The highest BCUT2D eigenvalue weighted by atomic mass is 16.5. The molecule has 0 atom stereocenters. The second kappa shape index (κ2) is 8.97. The lowest BCUT2D eigenvalue weighted by Crippen LogP contribution is -2.16. The third-order valence-electron chi connectivity index (χ3n) is 4.22. The van der Waals surface area contributed by atoms with Gasteiger partial charge < -0.3 is 15.4 Å². The maximum Gasteiger partial charge on any atom is 0.337 e. The molecule has 0 aliphatic heterocycles. The van der Waals surface area contributed by atoms with Crippen LogP contribution in [0.2, 0.25) is 0 Å². The van der Waals surface area contributed by atoms with Gasteiger partial charge in [0.15, 0.2) is 0 Å². The van der Waals surface area contributed by atoms with Gasteiger partial charge in [-0.15, -0.1) is 0 Å². The molecular weight excluding hydrogens is 368 g/mol. The Balaban J connectivity index is 1.68. The SMILES string of the molecule is COC(=O)c1ccc(NC(=O)c2cc(C)nc(NCc3ccc(C)cc3)n2)cc1. The average molecular weight is 390 g/mol. The van der Waals surface area contributed by atoms with Gasteiger partial charge in [0.05, 0.1) is 12.7 Å². The van der Waals surface area contributed by atoms with E-state index in [0.717, 1.165) is 5.56 Å². The van der Waals surface area contributed by atoms with Gasteiger partial charge in [0, 0.05) is 17.9 Å². The number of esters is 1. The van der Waals surface area contributed by atoms with Crippen molar-refractivity contribution in [1.29, 1.82) is 0 Å². The molecule has 1 aromatic heterocycles. The fraction of sp³-hybridized carbons (Fsp3) is 0.182. The Bertz CT molecular complexity index is 1020. The summed E-state index contributed by atoms with van der Waals surface area (Å²) in [6.07, 6.45) is 0. The highest BCUT2D eigenvalue weighted by Gasteiger charge is 2.12. The van der Waals surface area contributed by atoms with Crippen LogP contribution in [-0.2, 0) is 11.3 Å². The summed E-state index contributed by atoms with van der Waals surface area (Å²) in [5.41, 5.74) is 4.18. The predicted molar refractivity (Wildman–Crippen MR) is 111 cm³/mol. The molecule has 29 heavy (non-hydrogen) atoms. The zero-order valence-corrected chi connectivity index (χ0v) is 16.5. The van der Waals surface area contributed by atoms with Crippen LogP contribution in [0.15, 0.2) is 54.6 Å². The fourth-order valence-corrected chi connectivity index (χ4v) is 2.65. The van der Waals surface area contributed by atoms with E-state index in [-0.39, 0.29) is 11.6 Å². The Hall–Kier alpha value is -3.74. The van der Waals surface area contributed by atoms with Crippen LogP contribution >= 0.6 is 0 Å². The van der Waals surface area contributed by atoms with Crippen LogP contribution in [0.3, 0.4) is 0 Å². The standard InChI is InChI=1S/C22H22N4O3/c1-14-4-6-16(7-5-14)13-23-22-24-15(2)12-19(26-22)20(27)25-18-10-8-17(9-11-18)21(28)29-3/h4-12H,13H2,1-3H3,(H,25,27)(H,23,24,26). The van der Waals surface area contributed by atoms with Crippen molar-refractivity contribution in [3.63, 3.8) is 0 Å². The van der Waals surface area contributed by atoms with Crippen molar-refractivity contribution in [2.75, 3.05) is 17.7 Å². The van der Waals surface area contributed by atoms with E-state index in [0.29, 0.717) is 29.4 Å². The van der Waals surface area contributed by atoms with Gasteiger partial charge >= 0.3 is 5.97 Å². The molecule has 2 N–H and O–H groups in total. The van der Waals surface area contributed by atoms with Gasteiger partial charge in [-0.2, -0.15) is 0 Å². The summed E-state index contributed by atoms with van der Waals surface area (Å²) in [7, 11) is 1.32. The molecule has 7 nitrogen and oxygen atoms in total. The van der Waals surface area contributed by atoms with Gasteiger partial charge in [-0.05, 0) is 49.7 Å². The number of anilines is 2. The van der Waals surface area contributed by atoms with Crippen molar-refractivity contribution in [2.45, 2.75) is 20.4 Å². The summed E-state index contributed by atoms with van der Waals surface area (Å²) in [4.78, 5) is 32.7. The van der Waals surface area contributed by atoms with Crippen LogP contribution in [-0.4, -0.2) is 29.0 Å². The normalized spacial score (nSPS) is 10.3. The van der Waals surface area contributed by atoms with E-state index in [4.69, 9.17) is 0 Å². The van der Waals surface area contributed by atoms with Crippen LogP contribution in [0.25, 0.3) is 0 Å². The van der Waals surface area contributed by atoms with E-state index >= 15 is 0 Å². The number of carbonyl (C=O) groups excluding carboxylic acids is 2. The summed E-state index contributed by atoms with van der Waals surface area (Å²) in [5.74, 6) is -0.407. The van der Waals surface area contributed by atoms with Crippen molar-refractivity contribution < 1.29 is 14.3 Å². The molecule has 3 aromatic rings. The fourth-order valence-electron chi connectivity index (χ4n) is 2.65. The number of hydrogen-bond donors (Lipinski definition) is 2. The molecule has 0 saturated carbocycles. The Morgan fingerprint density at radius 2 is 1.66 bits per heavy atom. The molecule has 7 heteroatoms. The highest BCUT2D eigenvalue weighted by molar-refractivity contribution is 6.03. The second-order valence-electron chi connectivity index (χ2n) is 6.58. The van der Waals surface area contributed by atoms with E-state index in [9.17, 15) is 9.59 Å². The van der Waals surface area contributed by atoms with E-state index < -0.39 is 5.97 Å². The minimum atomic E-state index is -0.432. The lowest BCUT2D eigenvalue weighted by Gasteiger charge is -2.09. The molecule has 0 spiro atoms. The van der Waals surface area contributed by atoms with Crippen molar-refractivity contribution in [3.05, 3.63) is 82.7 Å². The highest BCUT2D eigenvalue weighted by Crippen LogP contribution is 2.13. The van der Waals surface area contributed by atoms with Crippen LogP contribution in [0.1, 0.15) is 37.7 Å². The molecule has 0 saturated heterocycles. The summed E-state index contributed by atoms with van der Waals surface area (Å²) in [5, 5.41) is 5.92. The first kappa shape index (κ1) is 20.0. The molecule has 0 fully saturated rings. The van der Waals surface area contributed by atoms with Gasteiger partial charge in [0.25, 0.3) is 5.91 Å². The Kier molecular flexibility index (Phi) is 6.19. The molecule has 0 bridgehead atoms. The van der Waals surface area contributed by atoms with E-state index in [2.05, 4.69) is 25.3 Å². The molecule has 0 unspecified atom stereocenters. The van der Waals surface area contributed by atoms with Gasteiger partial charge in [0.1, 0.15) is 5.69 Å². The van der Waals surface area contributed by atoms with Crippen LogP contribution < -0.4 is 10.6 Å². The number of ether oxygens (including phenoxy) is 1. The van der Waals surface area contributed by atoms with E-state index in [1.807, 2.05) is 31.2 Å². The van der Waals surface area contributed by atoms with Crippen molar-refractivity contribution in [2.24, 2.45) is 0 Å². The molecule has 0 aliphatic carbocycles. The number of nitrogens with zero attached hydrogens (tertiary/aromatic N) is 2. The predicted octanol–water partition coefficient (Wildman–Crippen LogP) is 3.74. The number of rotatable bonds is 6. The Morgan fingerprint density at radius 3 is 2.31 bits per heavy atom. The average Bonchev–Trinajstić information content (AvgIpc) is 2.73. The summed E-state index contributed by atoms with van der Waals surface area (Å²) in [6, 6.07) is 16.2. The molecule has 0 aliphatic rings. The molecule has 3 rings (SSSR count). The minimum absolute atomic E-state index is 0.251. The van der Waals surface area contributed by atoms with E-state index in [1.165, 1.54) is 12.7 Å². The quantitative estimate of drug-likeness (QED) is 0.623. The molecule has 2 aromatic carbocycles. The largest absolute Gasteiger partial charge is 0.465 e. The smallest absolute Gasteiger partial charge is 0.337 e. The first-order chi connectivity index (χ1) is 13.9.